The molecule has 0 radical (unpaired) electrons. The predicted octanol–water partition coefficient (Wildman–Crippen LogP) is 8.87. The molecular weight excluding hydrogens is 530 g/mol. The van der Waals surface area contributed by atoms with E-state index in [9.17, 15) is 14.9 Å². The lowest BCUT2D eigenvalue weighted by Gasteiger charge is -2.19. The number of aryl methyl sites for hydroxylation is 2. The topological polar surface area (TPSA) is 94.4 Å². The van der Waals surface area contributed by atoms with Crippen molar-refractivity contribution in [1.82, 2.24) is 4.98 Å². The Morgan fingerprint density at radius 1 is 1.03 bits per heavy atom. The number of aromatic nitrogens is 1. The molecular formula is C30H33N3O4S2. The van der Waals surface area contributed by atoms with Crippen molar-refractivity contribution in [2.24, 2.45) is 0 Å². The molecule has 0 bridgehead atoms. The predicted molar refractivity (Wildman–Crippen MR) is 160 cm³/mol. The van der Waals surface area contributed by atoms with Crippen LogP contribution in [0.2, 0.25) is 0 Å². The number of carbonyl (C=O) groups is 1. The highest BCUT2D eigenvalue weighted by Crippen LogP contribution is 2.41. The lowest BCUT2D eigenvalue weighted by molar-refractivity contribution is -0.380. The Bertz CT molecular complexity index is 1470. The van der Waals surface area contributed by atoms with Crippen molar-refractivity contribution in [1.29, 1.82) is 0 Å². The van der Waals surface area contributed by atoms with Crippen molar-refractivity contribution < 1.29 is 14.5 Å². The number of carbonyl (C=O) groups excluding carboxylic acids is 1. The van der Waals surface area contributed by atoms with Crippen LogP contribution in [0.5, 0.6) is 10.8 Å². The summed E-state index contributed by atoms with van der Waals surface area (Å²) >= 11 is 2.35. The van der Waals surface area contributed by atoms with Gasteiger partial charge in [-0.15, -0.1) is 0 Å². The number of hydrogen-bond donors (Lipinski definition) is 1. The van der Waals surface area contributed by atoms with Gasteiger partial charge in [0.25, 0.3) is 0 Å². The summed E-state index contributed by atoms with van der Waals surface area (Å²) in [6, 6.07) is 15.4. The van der Waals surface area contributed by atoms with Gasteiger partial charge in [0.15, 0.2) is 10.9 Å². The highest BCUT2D eigenvalue weighted by Gasteiger charge is 2.19. The SMILES string of the molecule is Cc1cc(Oc2sc(NCCCC(=O)c3ccc([N+](=O)[O-])s3)nc2-c2ccc(C(C)(C)C)cc2)cc(C)c1C. The largest absolute Gasteiger partial charge is 0.444 e. The van der Waals surface area contributed by atoms with Crippen LogP contribution in [-0.2, 0) is 5.41 Å². The minimum Gasteiger partial charge on any atom is -0.444 e. The molecule has 2 aromatic carbocycles. The first kappa shape index (κ1) is 28.4. The molecule has 204 valence electrons. The van der Waals surface area contributed by atoms with Gasteiger partial charge >= 0.3 is 5.00 Å². The summed E-state index contributed by atoms with van der Waals surface area (Å²) < 4.78 is 6.39. The summed E-state index contributed by atoms with van der Waals surface area (Å²) in [7, 11) is 0. The Balaban J connectivity index is 1.51. The van der Waals surface area contributed by atoms with Crippen LogP contribution in [0.1, 0.15) is 65.5 Å². The van der Waals surface area contributed by atoms with Crippen LogP contribution < -0.4 is 10.1 Å². The number of hydrogen-bond acceptors (Lipinski definition) is 8. The minimum absolute atomic E-state index is 0.0196. The third kappa shape index (κ3) is 6.91. The van der Waals surface area contributed by atoms with Gasteiger partial charge in [-0.3, -0.25) is 14.9 Å². The van der Waals surface area contributed by atoms with Gasteiger partial charge in [0.2, 0.25) is 5.06 Å². The highest BCUT2D eigenvalue weighted by atomic mass is 32.1. The average molecular weight is 564 g/mol. The first-order valence-corrected chi connectivity index (χ1v) is 14.4. The fraction of sp³-hybridized carbons (Fsp3) is 0.333. The smallest absolute Gasteiger partial charge is 0.324 e. The van der Waals surface area contributed by atoms with Crippen molar-refractivity contribution in [2.45, 2.75) is 59.8 Å². The molecule has 4 rings (SSSR count). The standard InChI is InChI=1S/C30H33N3O4S2/c1-18-16-23(17-19(2)20(18)3)37-28-27(21-9-11-22(12-10-21)30(4,5)6)32-29(39-28)31-15-7-8-24(34)25-13-14-26(38-25)33(35)36/h9-14,16-17H,7-8,15H2,1-6H3,(H,31,32). The van der Waals surface area contributed by atoms with E-state index in [0.717, 1.165) is 28.3 Å². The number of ether oxygens (including phenoxy) is 1. The number of nitrogens with zero attached hydrogens (tertiary/aromatic N) is 2. The van der Waals surface area contributed by atoms with Crippen molar-refractivity contribution in [2.75, 3.05) is 11.9 Å². The molecule has 0 saturated carbocycles. The van der Waals surface area contributed by atoms with Crippen LogP contribution in [-0.4, -0.2) is 22.2 Å². The molecule has 0 aliphatic carbocycles. The fourth-order valence-electron chi connectivity index (χ4n) is 4.07. The average Bonchev–Trinajstić information content (AvgIpc) is 3.52. The van der Waals surface area contributed by atoms with Gasteiger partial charge < -0.3 is 10.1 Å². The number of Topliss-reactive ketones (excluding diaryl/α,β-unsaturated/α-hetero) is 1. The molecule has 39 heavy (non-hydrogen) atoms. The van der Waals surface area contributed by atoms with Gasteiger partial charge in [0.05, 0.1) is 9.80 Å². The Morgan fingerprint density at radius 3 is 2.28 bits per heavy atom. The van der Waals surface area contributed by atoms with E-state index < -0.39 is 4.92 Å². The van der Waals surface area contributed by atoms with Crippen molar-refractivity contribution >= 4 is 38.6 Å². The summed E-state index contributed by atoms with van der Waals surface area (Å²) in [5.41, 5.74) is 6.62. The number of ketones is 1. The number of benzene rings is 2. The summed E-state index contributed by atoms with van der Waals surface area (Å²) in [5, 5.41) is 15.6. The van der Waals surface area contributed by atoms with Gasteiger partial charge in [-0.2, -0.15) is 0 Å². The second-order valence-electron chi connectivity index (χ2n) is 10.6. The van der Waals surface area contributed by atoms with Gasteiger partial charge in [-0.25, -0.2) is 4.98 Å². The van der Waals surface area contributed by atoms with E-state index in [0.29, 0.717) is 34.5 Å². The van der Waals surface area contributed by atoms with Crippen LogP contribution in [0.25, 0.3) is 11.3 Å². The lowest BCUT2D eigenvalue weighted by atomic mass is 9.86. The molecule has 0 spiro atoms. The maximum Gasteiger partial charge on any atom is 0.324 e. The van der Waals surface area contributed by atoms with Crippen LogP contribution in [0.15, 0.2) is 48.5 Å². The zero-order chi connectivity index (χ0) is 28.3. The quantitative estimate of drug-likeness (QED) is 0.0896. The number of anilines is 1. The van der Waals surface area contributed by atoms with Gasteiger partial charge in [-0.05, 0) is 73.1 Å². The molecule has 2 aromatic heterocycles. The number of nitrogens with one attached hydrogen (secondary N) is 1. The number of thiazole rings is 1. The molecule has 9 heteroatoms. The molecule has 1 N–H and O–H groups in total. The summed E-state index contributed by atoms with van der Waals surface area (Å²) in [6.07, 6.45) is 0.870. The summed E-state index contributed by atoms with van der Waals surface area (Å²) in [4.78, 5) is 28.1. The second kappa shape index (κ2) is 11.7. The third-order valence-corrected chi connectivity index (χ3v) is 8.60. The first-order valence-electron chi connectivity index (χ1n) is 12.8. The van der Waals surface area contributed by atoms with Crippen molar-refractivity contribution in [3.63, 3.8) is 0 Å². The molecule has 0 aliphatic heterocycles. The molecule has 0 amide bonds. The first-order chi connectivity index (χ1) is 18.4. The number of nitro groups is 1. The maximum atomic E-state index is 12.4. The van der Waals surface area contributed by atoms with E-state index >= 15 is 0 Å². The van der Waals surface area contributed by atoms with E-state index in [4.69, 9.17) is 9.72 Å². The normalized spacial score (nSPS) is 11.4. The van der Waals surface area contributed by atoms with Crippen LogP contribution in [0.4, 0.5) is 10.1 Å². The van der Waals surface area contributed by atoms with E-state index in [2.05, 4.69) is 71.1 Å². The minimum atomic E-state index is -0.474. The summed E-state index contributed by atoms with van der Waals surface area (Å²) in [6.45, 7) is 13.4. The second-order valence-corrected chi connectivity index (χ2v) is 12.6. The zero-order valence-corrected chi connectivity index (χ0v) is 24.7. The fourth-order valence-corrected chi connectivity index (χ4v) is 5.74. The molecule has 0 atom stereocenters. The monoisotopic (exact) mass is 563 g/mol. The zero-order valence-electron chi connectivity index (χ0n) is 23.1. The molecule has 0 fully saturated rings. The summed E-state index contributed by atoms with van der Waals surface area (Å²) in [5.74, 6) is 0.678. The Morgan fingerprint density at radius 2 is 1.69 bits per heavy atom. The van der Waals surface area contributed by atoms with Crippen molar-refractivity contribution in [3.05, 3.63) is 85.8 Å². The van der Waals surface area contributed by atoms with Gasteiger partial charge in [0, 0.05) is 24.6 Å². The molecule has 4 aromatic rings. The maximum absolute atomic E-state index is 12.4. The van der Waals surface area contributed by atoms with Gasteiger partial charge in [0.1, 0.15) is 11.4 Å². The Labute approximate surface area is 237 Å². The lowest BCUT2D eigenvalue weighted by Crippen LogP contribution is -2.10. The van der Waals surface area contributed by atoms with Crippen LogP contribution >= 0.6 is 22.7 Å². The molecule has 0 unspecified atom stereocenters. The van der Waals surface area contributed by atoms with Crippen LogP contribution in [0, 0.1) is 30.9 Å². The van der Waals surface area contributed by atoms with E-state index in [1.165, 1.54) is 45.7 Å². The molecule has 7 nitrogen and oxygen atoms in total. The Hall–Kier alpha value is -3.56. The van der Waals surface area contributed by atoms with Crippen molar-refractivity contribution in [3.8, 4) is 22.1 Å². The van der Waals surface area contributed by atoms with E-state index in [1.807, 2.05) is 12.1 Å². The highest BCUT2D eigenvalue weighted by molar-refractivity contribution is 7.18. The molecule has 0 aliphatic rings. The van der Waals surface area contributed by atoms with Gasteiger partial charge in [-0.1, -0.05) is 67.7 Å². The number of thiophene rings is 1. The van der Waals surface area contributed by atoms with E-state index in [-0.39, 0.29) is 16.2 Å². The Kier molecular flexibility index (Phi) is 8.51. The van der Waals surface area contributed by atoms with Crippen LogP contribution in [0.3, 0.4) is 0 Å². The third-order valence-electron chi connectivity index (χ3n) is 6.63. The number of rotatable bonds is 10. The molecule has 2 heterocycles. The molecule has 0 saturated heterocycles. The van der Waals surface area contributed by atoms with E-state index in [1.54, 1.807) is 0 Å².